The number of aldehydes is 1. The van der Waals surface area contributed by atoms with E-state index in [4.69, 9.17) is 0 Å². The Balaban J connectivity index is 3.18. The molecule has 1 rings (SSSR count). The zero-order chi connectivity index (χ0) is 6.85. The number of hydrogen-bond acceptors (Lipinski definition) is 3. The minimum Gasteiger partial charge on any atom is -0.297 e. The molecule has 2 nitrogen and oxygen atoms in total. The largest absolute Gasteiger partial charge is 0.297 e. The van der Waals surface area contributed by atoms with Crippen LogP contribution in [0.25, 0.3) is 0 Å². The van der Waals surface area contributed by atoms with Gasteiger partial charge in [0.15, 0.2) is 6.29 Å². The summed E-state index contributed by atoms with van der Waals surface area (Å²) in [6.45, 7) is 1.89. The molecule has 0 aliphatic rings. The Morgan fingerprint density at radius 2 is 2.44 bits per heavy atom. The third kappa shape index (κ3) is 1.29. The molecule has 0 unspecified atom stereocenters. The van der Waals surface area contributed by atoms with Crippen molar-refractivity contribution in [2.45, 2.75) is 6.92 Å². The lowest BCUT2D eigenvalue weighted by molar-refractivity contribution is 0.112. The molecule has 0 radical (unpaired) electrons. The Bertz CT molecular complexity index is 233. The first-order chi connectivity index (χ1) is 4.25. The molecule has 0 aliphatic carbocycles. The van der Waals surface area contributed by atoms with Crippen molar-refractivity contribution in [1.29, 1.82) is 0 Å². The number of rotatable bonds is 1. The van der Waals surface area contributed by atoms with E-state index in [9.17, 15) is 4.79 Å². The molecule has 4 heteroatoms. The standard InChI is InChI=1S/C5H4INOS/c1-3-5(6)4(2-8)9-7-3/h2H,1H3. The van der Waals surface area contributed by atoms with Crippen LogP contribution < -0.4 is 0 Å². The Kier molecular flexibility index (Phi) is 2.18. The van der Waals surface area contributed by atoms with Gasteiger partial charge < -0.3 is 0 Å². The fourth-order valence-electron chi connectivity index (χ4n) is 0.449. The number of nitrogens with zero attached hydrogens (tertiary/aromatic N) is 1. The molecule has 0 saturated carbocycles. The van der Waals surface area contributed by atoms with E-state index in [0.717, 1.165) is 20.4 Å². The molecule has 0 aromatic carbocycles. The highest BCUT2D eigenvalue weighted by Crippen LogP contribution is 2.17. The zero-order valence-corrected chi connectivity index (χ0v) is 7.69. The Morgan fingerprint density at radius 3 is 2.67 bits per heavy atom. The van der Waals surface area contributed by atoms with Crippen LogP contribution in [0.4, 0.5) is 0 Å². The van der Waals surface area contributed by atoms with Crippen LogP contribution in [-0.2, 0) is 0 Å². The lowest BCUT2D eigenvalue weighted by atomic mass is 10.4. The molecule has 1 aromatic rings. The van der Waals surface area contributed by atoms with E-state index >= 15 is 0 Å². The second-order valence-corrected chi connectivity index (χ2v) is 3.45. The number of hydrogen-bond donors (Lipinski definition) is 0. The second-order valence-electron chi connectivity index (χ2n) is 1.56. The van der Waals surface area contributed by atoms with E-state index in [1.54, 1.807) is 0 Å². The third-order valence-corrected chi connectivity index (χ3v) is 3.51. The average molecular weight is 253 g/mol. The minimum atomic E-state index is 0.730. The van der Waals surface area contributed by atoms with Crippen molar-refractivity contribution in [1.82, 2.24) is 4.37 Å². The molecule has 1 aromatic heterocycles. The maximum absolute atomic E-state index is 10.2. The molecule has 0 spiro atoms. The first-order valence-corrected chi connectivity index (χ1v) is 4.18. The highest BCUT2D eigenvalue weighted by molar-refractivity contribution is 14.1. The van der Waals surface area contributed by atoms with E-state index in [1.165, 1.54) is 11.5 Å². The fourth-order valence-corrected chi connectivity index (χ4v) is 1.75. The summed E-state index contributed by atoms with van der Waals surface area (Å²) in [5, 5.41) is 0. The number of halogens is 1. The minimum absolute atomic E-state index is 0.730. The van der Waals surface area contributed by atoms with Crippen molar-refractivity contribution >= 4 is 40.4 Å². The summed E-state index contributed by atoms with van der Waals surface area (Å²) in [4.78, 5) is 10.9. The second kappa shape index (κ2) is 2.74. The van der Waals surface area contributed by atoms with E-state index < -0.39 is 0 Å². The number of carbonyl (C=O) groups excluding carboxylic acids is 1. The van der Waals surface area contributed by atoms with Gasteiger partial charge >= 0.3 is 0 Å². The topological polar surface area (TPSA) is 30.0 Å². The first kappa shape index (κ1) is 7.14. The summed E-state index contributed by atoms with van der Waals surface area (Å²) < 4.78 is 4.97. The summed E-state index contributed by atoms with van der Waals surface area (Å²) >= 11 is 3.37. The predicted octanol–water partition coefficient (Wildman–Crippen LogP) is 1.87. The maximum Gasteiger partial charge on any atom is 0.162 e. The molecule has 0 amide bonds. The zero-order valence-electron chi connectivity index (χ0n) is 4.72. The van der Waals surface area contributed by atoms with Crippen LogP contribution in [0.1, 0.15) is 15.4 Å². The Morgan fingerprint density at radius 1 is 1.78 bits per heavy atom. The van der Waals surface area contributed by atoms with Crippen molar-refractivity contribution < 1.29 is 4.79 Å². The van der Waals surface area contributed by atoms with E-state index in [1.807, 2.05) is 6.92 Å². The maximum atomic E-state index is 10.2. The van der Waals surface area contributed by atoms with Crippen LogP contribution in [-0.4, -0.2) is 10.7 Å². The average Bonchev–Trinajstić information content (AvgIpc) is 2.15. The number of carbonyl (C=O) groups is 1. The SMILES string of the molecule is Cc1nsc(C=O)c1I. The number of aromatic nitrogens is 1. The van der Waals surface area contributed by atoms with E-state index in [0.29, 0.717) is 0 Å². The number of aryl methyl sites for hydroxylation is 1. The Labute approximate surface area is 70.6 Å². The van der Waals surface area contributed by atoms with Crippen LogP contribution in [0.3, 0.4) is 0 Å². The summed E-state index contributed by atoms with van der Waals surface area (Å²) in [6, 6.07) is 0. The molecule has 0 saturated heterocycles. The van der Waals surface area contributed by atoms with Gasteiger partial charge in [0.05, 0.1) is 9.26 Å². The molecular weight excluding hydrogens is 249 g/mol. The van der Waals surface area contributed by atoms with E-state index in [2.05, 4.69) is 27.0 Å². The van der Waals surface area contributed by atoms with Crippen molar-refractivity contribution in [3.8, 4) is 0 Å². The normalized spacial score (nSPS) is 9.56. The van der Waals surface area contributed by atoms with Gasteiger partial charge in [0.2, 0.25) is 0 Å². The monoisotopic (exact) mass is 253 g/mol. The van der Waals surface area contributed by atoms with Gasteiger partial charge in [0, 0.05) is 0 Å². The quantitative estimate of drug-likeness (QED) is 0.565. The smallest absolute Gasteiger partial charge is 0.162 e. The first-order valence-electron chi connectivity index (χ1n) is 2.32. The Hall–Kier alpha value is 0.0300. The van der Waals surface area contributed by atoms with Crippen LogP contribution in [0, 0.1) is 10.5 Å². The van der Waals surface area contributed by atoms with Gasteiger partial charge in [-0.3, -0.25) is 4.79 Å². The molecule has 1 heterocycles. The summed E-state index contributed by atoms with van der Waals surface area (Å²) in [5.41, 5.74) is 0.947. The highest BCUT2D eigenvalue weighted by Gasteiger charge is 2.04. The molecule has 0 fully saturated rings. The van der Waals surface area contributed by atoms with Crippen molar-refractivity contribution in [3.63, 3.8) is 0 Å². The van der Waals surface area contributed by atoms with Gasteiger partial charge in [0.1, 0.15) is 4.88 Å². The lowest BCUT2D eigenvalue weighted by Crippen LogP contribution is -1.77. The van der Waals surface area contributed by atoms with E-state index in [-0.39, 0.29) is 0 Å². The van der Waals surface area contributed by atoms with Gasteiger partial charge in [-0.2, -0.15) is 4.37 Å². The summed E-state index contributed by atoms with van der Waals surface area (Å²) in [7, 11) is 0. The third-order valence-electron chi connectivity index (χ3n) is 0.922. The molecule has 9 heavy (non-hydrogen) atoms. The molecule has 0 bridgehead atoms. The van der Waals surface area contributed by atoms with Crippen molar-refractivity contribution in [2.24, 2.45) is 0 Å². The van der Waals surface area contributed by atoms with Gasteiger partial charge in [-0.15, -0.1) is 0 Å². The molecule has 0 aliphatic heterocycles. The van der Waals surface area contributed by atoms with Gasteiger partial charge in [-0.05, 0) is 41.0 Å². The lowest BCUT2D eigenvalue weighted by Gasteiger charge is -1.80. The predicted molar refractivity (Wildman–Crippen MR) is 45.0 cm³/mol. The van der Waals surface area contributed by atoms with Gasteiger partial charge in [-0.25, -0.2) is 0 Å². The van der Waals surface area contributed by atoms with Gasteiger partial charge in [-0.1, -0.05) is 0 Å². The molecular formula is C5H4INOS. The summed E-state index contributed by atoms with van der Waals surface area (Å²) in [5.74, 6) is 0. The van der Waals surface area contributed by atoms with Crippen molar-refractivity contribution in [3.05, 3.63) is 14.1 Å². The molecule has 48 valence electrons. The summed E-state index contributed by atoms with van der Waals surface area (Å²) in [6.07, 6.45) is 0.840. The fraction of sp³-hybridized carbons (Fsp3) is 0.200. The highest BCUT2D eigenvalue weighted by atomic mass is 127. The van der Waals surface area contributed by atoms with Crippen LogP contribution in [0.15, 0.2) is 0 Å². The molecule has 0 atom stereocenters. The van der Waals surface area contributed by atoms with Crippen molar-refractivity contribution in [2.75, 3.05) is 0 Å². The van der Waals surface area contributed by atoms with Gasteiger partial charge in [0.25, 0.3) is 0 Å². The van der Waals surface area contributed by atoms with Crippen LogP contribution in [0.2, 0.25) is 0 Å². The molecule has 0 N–H and O–H groups in total. The van der Waals surface area contributed by atoms with Crippen LogP contribution in [0.5, 0.6) is 0 Å². The van der Waals surface area contributed by atoms with Crippen LogP contribution >= 0.6 is 34.1 Å².